The first-order chi connectivity index (χ1) is 39.4. The molecule has 19 rings (SSSR count). The zero-order valence-electron chi connectivity index (χ0n) is 43.9. The molecule has 3 aliphatic carbocycles. The molecule has 0 N–H and O–H groups in total. The van der Waals surface area contributed by atoms with Crippen LogP contribution in [0.25, 0.3) is 176 Å². The maximum Gasteiger partial charge on any atom is 0.143 e. The van der Waals surface area contributed by atoms with Crippen LogP contribution in [0.5, 0.6) is 0 Å². The van der Waals surface area contributed by atoms with Crippen LogP contribution in [0.2, 0.25) is 0 Å². The number of nitrogens with zero attached hydrogens (tertiary/aromatic N) is 2. The van der Waals surface area contributed by atoms with E-state index in [0.29, 0.717) is 0 Å². The fourth-order valence-electron chi connectivity index (χ4n) is 15.3. The van der Waals surface area contributed by atoms with Gasteiger partial charge in [0.25, 0.3) is 0 Å². The molecule has 0 saturated carbocycles. The van der Waals surface area contributed by atoms with E-state index >= 15 is 0 Å². The van der Waals surface area contributed by atoms with E-state index in [2.05, 4.69) is 266 Å². The molecule has 0 radical (unpaired) electrons. The first kappa shape index (κ1) is 42.8. The van der Waals surface area contributed by atoms with Crippen LogP contribution < -0.4 is 0 Å². The molecule has 3 nitrogen and oxygen atoms in total. The normalized spacial score (nSPS) is 13.5. The molecule has 3 heterocycles. The highest BCUT2D eigenvalue weighted by atomic mass is 16.3. The van der Waals surface area contributed by atoms with E-state index in [-0.39, 0.29) is 5.41 Å². The van der Waals surface area contributed by atoms with Crippen LogP contribution in [0.1, 0.15) is 25.0 Å². The van der Waals surface area contributed by atoms with E-state index < -0.39 is 0 Å². The second kappa shape index (κ2) is 15.1. The Bertz CT molecular complexity index is 5500. The fourth-order valence-corrected chi connectivity index (χ4v) is 15.3. The van der Waals surface area contributed by atoms with Crippen LogP contribution in [0.3, 0.4) is 0 Å². The summed E-state index contributed by atoms with van der Waals surface area (Å²) in [7, 11) is 0. The maximum absolute atomic E-state index is 6.94. The van der Waals surface area contributed by atoms with Crippen molar-refractivity contribution in [3.8, 4) is 89.3 Å². The SMILES string of the molecule is CC1(C)c2ccccc2-c2cc3c4cc(-c5ccccc5-c5ccc6c(c5)oc5c7cccc8c7c(cc65)-c5ccccc5-8)ccc4n(-c4ccc(-n5c6ccccc6c6cc7c8c(cccc8c65)-c5ccccc5-7)cc4)c3cc21. The van der Waals surface area contributed by atoms with Gasteiger partial charge in [-0.25, -0.2) is 0 Å². The van der Waals surface area contributed by atoms with Gasteiger partial charge >= 0.3 is 0 Å². The topological polar surface area (TPSA) is 23.0 Å². The number of furan rings is 1. The molecule has 3 heteroatoms. The van der Waals surface area contributed by atoms with Gasteiger partial charge in [-0.1, -0.05) is 178 Å². The van der Waals surface area contributed by atoms with E-state index in [1.807, 2.05) is 0 Å². The number of fused-ring (bicyclic) bond motifs is 20. The smallest absolute Gasteiger partial charge is 0.143 e. The van der Waals surface area contributed by atoms with Crippen molar-refractivity contribution in [3.05, 3.63) is 254 Å². The van der Waals surface area contributed by atoms with Gasteiger partial charge in [0, 0.05) is 65.3 Å². The van der Waals surface area contributed by atoms with Gasteiger partial charge in [-0.05, 0) is 173 Å². The Hall–Kier alpha value is -10.2. The number of benzene rings is 13. The second-order valence-corrected chi connectivity index (χ2v) is 23.0. The minimum absolute atomic E-state index is 0.155. The molecule has 80 heavy (non-hydrogen) atoms. The molecule has 3 aliphatic rings. The standard InChI is InChI=1S/C77H46N2O/c1-77(2)67-27-11-9-21-53(67)60-39-62-61-37-43(47-15-3-4-16-48(47)44-29-35-55-66-41-64-52-20-8-6-18-50(52)57-24-14-26-59(74(57)64)76(66)80-72(55)38-44)30-36-70(61)78(71(62)42-68(60)77)45-31-33-46(34-32-45)79-69-28-12-10-22-54(69)65-40-63-51-19-7-5-17-49(51)56-23-13-25-58(73(56)63)75(65)79/h3-42H,1-2H3. The third kappa shape index (κ3) is 5.39. The molecule has 0 fully saturated rings. The summed E-state index contributed by atoms with van der Waals surface area (Å²) >= 11 is 0. The summed E-state index contributed by atoms with van der Waals surface area (Å²) in [4.78, 5) is 0. The third-order valence-electron chi connectivity index (χ3n) is 18.8. The van der Waals surface area contributed by atoms with E-state index in [9.17, 15) is 0 Å². The van der Waals surface area contributed by atoms with Crippen LogP contribution in [0.4, 0.5) is 0 Å². The number of para-hydroxylation sites is 1. The molecule has 13 aromatic carbocycles. The van der Waals surface area contributed by atoms with Crippen molar-refractivity contribution >= 4 is 87.1 Å². The molecule has 370 valence electrons. The molecular weight excluding hydrogens is 969 g/mol. The number of hydrogen-bond donors (Lipinski definition) is 0. The zero-order valence-corrected chi connectivity index (χ0v) is 43.9. The fraction of sp³-hybridized carbons (Fsp3) is 0.0390. The zero-order chi connectivity index (χ0) is 52.3. The molecular formula is C77H46N2O. The van der Waals surface area contributed by atoms with Crippen LogP contribution >= 0.6 is 0 Å². The molecule has 0 unspecified atom stereocenters. The van der Waals surface area contributed by atoms with Crippen molar-refractivity contribution in [2.75, 3.05) is 0 Å². The Kier molecular flexibility index (Phi) is 8.07. The van der Waals surface area contributed by atoms with Gasteiger partial charge < -0.3 is 13.6 Å². The molecule has 0 bridgehead atoms. The van der Waals surface area contributed by atoms with E-state index in [1.165, 1.54) is 149 Å². The van der Waals surface area contributed by atoms with Gasteiger partial charge in [0.2, 0.25) is 0 Å². The predicted octanol–water partition coefficient (Wildman–Crippen LogP) is 21.0. The Morgan fingerprint density at radius 1 is 0.287 bits per heavy atom. The van der Waals surface area contributed by atoms with Crippen molar-refractivity contribution < 1.29 is 4.42 Å². The lowest BCUT2D eigenvalue weighted by molar-refractivity contribution is 0.661. The average Bonchev–Trinajstić information content (AvgIpc) is 4.42. The lowest BCUT2D eigenvalue weighted by atomic mass is 9.82. The highest BCUT2D eigenvalue weighted by Crippen LogP contribution is 2.55. The molecule has 0 saturated heterocycles. The Morgan fingerprint density at radius 2 is 0.800 bits per heavy atom. The molecule has 0 amide bonds. The highest BCUT2D eigenvalue weighted by Gasteiger charge is 2.36. The van der Waals surface area contributed by atoms with Gasteiger partial charge in [-0.2, -0.15) is 0 Å². The monoisotopic (exact) mass is 1010 g/mol. The minimum Gasteiger partial charge on any atom is -0.455 e. The van der Waals surface area contributed by atoms with Crippen molar-refractivity contribution in [2.45, 2.75) is 19.3 Å². The molecule has 3 aromatic heterocycles. The quantitative estimate of drug-likeness (QED) is 0.172. The Labute approximate surface area is 460 Å². The Balaban J connectivity index is 0.782. The summed E-state index contributed by atoms with van der Waals surface area (Å²) in [5.74, 6) is 0. The number of aromatic nitrogens is 2. The number of rotatable bonds is 4. The molecule has 16 aromatic rings. The average molecular weight is 1020 g/mol. The summed E-state index contributed by atoms with van der Waals surface area (Å²) in [6.07, 6.45) is 0. The lowest BCUT2D eigenvalue weighted by Crippen LogP contribution is -2.14. The van der Waals surface area contributed by atoms with E-state index in [0.717, 1.165) is 38.9 Å². The number of hydrogen-bond acceptors (Lipinski definition) is 1. The second-order valence-electron chi connectivity index (χ2n) is 23.0. The van der Waals surface area contributed by atoms with Gasteiger partial charge in [0.05, 0.1) is 22.1 Å². The largest absolute Gasteiger partial charge is 0.455 e. The molecule has 0 aliphatic heterocycles. The van der Waals surface area contributed by atoms with Crippen molar-refractivity contribution in [1.82, 2.24) is 9.13 Å². The summed E-state index contributed by atoms with van der Waals surface area (Å²) in [6.45, 7) is 4.77. The summed E-state index contributed by atoms with van der Waals surface area (Å²) in [6, 6.07) is 91.0. The minimum atomic E-state index is -0.155. The van der Waals surface area contributed by atoms with E-state index in [4.69, 9.17) is 4.42 Å². The third-order valence-corrected chi connectivity index (χ3v) is 18.8. The first-order valence-electron chi connectivity index (χ1n) is 28.0. The van der Waals surface area contributed by atoms with Crippen LogP contribution in [0.15, 0.2) is 247 Å². The van der Waals surface area contributed by atoms with Crippen molar-refractivity contribution in [2.24, 2.45) is 0 Å². The van der Waals surface area contributed by atoms with Crippen LogP contribution in [0, 0.1) is 0 Å². The first-order valence-corrected chi connectivity index (χ1v) is 28.0. The van der Waals surface area contributed by atoms with Crippen LogP contribution in [-0.4, -0.2) is 9.13 Å². The lowest BCUT2D eigenvalue weighted by Gasteiger charge is -2.21. The highest BCUT2D eigenvalue weighted by molar-refractivity contribution is 6.29. The Morgan fingerprint density at radius 3 is 1.52 bits per heavy atom. The van der Waals surface area contributed by atoms with Crippen molar-refractivity contribution in [3.63, 3.8) is 0 Å². The van der Waals surface area contributed by atoms with Crippen molar-refractivity contribution in [1.29, 1.82) is 0 Å². The predicted molar refractivity (Wildman–Crippen MR) is 335 cm³/mol. The van der Waals surface area contributed by atoms with Gasteiger partial charge in [0.15, 0.2) is 0 Å². The van der Waals surface area contributed by atoms with Gasteiger partial charge in [-0.15, -0.1) is 0 Å². The van der Waals surface area contributed by atoms with E-state index in [1.54, 1.807) is 0 Å². The molecule has 0 spiro atoms. The summed E-state index contributed by atoms with van der Waals surface area (Å²) in [5, 5.41) is 12.4. The summed E-state index contributed by atoms with van der Waals surface area (Å²) in [5.41, 5.74) is 29.3. The van der Waals surface area contributed by atoms with Gasteiger partial charge in [-0.3, -0.25) is 0 Å². The van der Waals surface area contributed by atoms with Gasteiger partial charge in [0.1, 0.15) is 11.2 Å². The maximum atomic E-state index is 6.94. The van der Waals surface area contributed by atoms with Crippen LogP contribution in [-0.2, 0) is 5.41 Å². The summed E-state index contributed by atoms with van der Waals surface area (Å²) < 4.78 is 11.9. The molecule has 0 atom stereocenters.